The van der Waals surface area contributed by atoms with Crippen molar-refractivity contribution in [2.24, 2.45) is 5.92 Å². The van der Waals surface area contributed by atoms with Crippen molar-refractivity contribution in [3.63, 3.8) is 0 Å². The third kappa shape index (κ3) is 28.1. The molecule has 27 heteroatoms. The van der Waals surface area contributed by atoms with Gasteiger partial charge in [-0.15, -0.1) is 0 Å². The molecule has 4 heterocycles. The van der Waals surface area contributed by atoms with Crippen LogP contribution in [0, 0.1) is 11.3 Å². The zero-order chi connectivity index (χ0) is 95.4. The van der Waals surface area contributed by atoms with Gasteiger partial charge in [0.2, 0.25) is 12.2 Å². The van der Waals surface area contributed by atoms with Crippen LogP contribution in [0.5, 0.6) is 0 Å². The Bertz CT molecular complexity index is 5360. The topological polar surface area (TPSA) is 243 Å². The molecule has 0 amide bonds. The second-order valence-corrected chi connectivity index (χ2v) is 42.0. The van der Waals surface area contributed by atoms with Crippen molar-refractivity contribution in [2.75, 3.05) is 26.4 Å². The molecule has 11 aromatic carbocycles. The summed E-state index contributed by atoms with van der Waals surface area (Å²) < 4.78 is 143. The van der Waals surface area contributed by atoms with Crippen molar-refractivity contribution in [2.45, 2.75) is 227 Å². The van der Waals surface area contributed by atoms with Gasteiger partial charge in [-0.3, -0.25) is 15.0 Å². The predicted molar refractivity (Wildman–Crippen MR) is 521 cm³/mol. The summed E-state index contributed by atoms with van der Waals surface area (Å²) in [5, 5.41) is 10.7. The minimum absolute atomic E-state index is 0.00713. The van der Waals surface area contributed by atoms with Crippen LogP contribution in [-0.2, 0) is 163 Å². The minimum Gasteiger partial charge on any atom is -0.454 e. The Hall–Kier alpha value is -9.76. The van der Waals surface area contributed by atoms with E-state index in [-0.39, 0.29) is 79.3 Å². The molecule has 4 aliphatic heterocycles. The number of nitrogens with one attached hydrogen (secondary N) is 1. The molecule has 23 nitrogen and oxygen atoms in total. The van der Waals surface area contributed by atoms with Gasteiger partial charge in [0.05, 0.1) is 92.0 Å². The Balaban J connectivity index is 0.894. The summed E-state index contributed by atoms with van der Waals surface area (Å²) in [5.74, 6) is -3.16. The quantitative estimate of drug-likeness (QED) is 0.0123. The van der Waals surface area contributed by atoms with Crippen LogP contribution in [0.25, 0.3) is 0 Å². The highest BCUT2D eigenvalue weighted by Crippen LogP contribution is 2.44. The second-order valence-electron chi connectivity index (χ2n) is 35.5. The van der Waals surface area contributed by atoms with Crippen LogP contribution in [0.3, 0.4) is 0 Å². The number of halogens is 3. The highest BCUT2D eigenvalue weighted by atomic mass is 35.6. The molecule has 137 heavy (non-hydrogen) atoms. The molecule has 1 N–H and O–H groups in total. The number of carbonyl (C=O) groups excluding carboxylic acids is 2. The Morgan fingerprint density at radius 1 is 0.292 bits per heavy atom. The first-order chi connectivity index (χ1) is 66.7. The number of carbonyl (C=O) groups is 2. The van der Waals surface area contributed by atoms with Crippen molar-refractivity contribution in [3.8, 4) is 0 Å². The number of hydrogen-bond acceptors (Lipinski definition) is 23. The monoisotopic (exact) mass is 1940 g/mol. The first-order valence-electron chi connectivity index (χ1n) is 46.5. The van der Waals surface area contributed by atoms with Gasteiger partial charge >= 0.3 is 11.9 Å². The molecule has 11 aromatic rings. The zero-order valence-corrected chi connectivity index (χ0v) is 80.9. The lowest BCUT2D eigenvalue weighted by Gasteiger charge is -2.51. The van der Waals surface area contributed by atoms with E-state index in [0.717, 1.165) is 54.9 Å². The Morgan fingerprint density at radius 2 is 0.555 bits per heavy atom. The van der Waals surface area contributed by atoms with Crippen LogP contribution in [0.1, 0.15) is 91.6 Å². The molecule has 0 bridgehead atoms. The lowest BCUT2D eigenvalue weighted by atomic mass is 9.91. The molecule has 0 aliphatic carbocycles. The average molecular weight is 1940 g/mol. The summed E-state index contributed by atoms with van der Waals surface area (Å²) in [4.78, 5) is 28.7. The van der Waals surface area contributed by atoms with Crippen molar-refractivity contribution in [1.82, 2.24) is 0 Å². The Labute approximate surface area is 818 Å². The first-order valence-corrected chi connectivity index (χ1v) is 49.5. The fraction of sp³-hybridized carbons (Fsp3) is 0.373. The maximum absolute atomic E-state index is 14.6. The molecule has 0 radical (unpaired) electrons. The van der Waals surface area contributed by atoms with Crippen LogP contribution in [0.4, 0.5) is 0 Å². The third-order valence-corrected chi connectivity index (χ3v) is 30.0. The Morgan fingerprint density at radius 3 is 0.898 bits per heavy atom. The molecule has 15 rings (SSSR count). The van der Waals surface area contributed by atoms with E-state index in [2.05, 4.69) is 45.0 Å². The lowest BCUT2D eigenvalue weighted by Crippen LogP contribution is -2.69. The zero-order valence-electron chi connectivity index (χ0n) is 77.6. The van der Waals surface area contributed by atoms with E-state index in [1.165, 1.54) is 13.8 Å². The highest BCUT2D eigenvalue weighted by molar-refractivity contribution is 6.99. The van der Waals surface area contributed by atoms with Crippen LogP contribution in [0.15, 0.2) is 334 Å². The highest BCUT2D eigenvalue weighted by Gasteiger charge is 2.60. The van der Waals surface area contributed by atoms with Crippen molar-refractivity contribution in [1.29, 1.82) is 5.41 Å². The van der Waals surface area contributed by atoms with Gasteiger partial charge in [-0.25, -0.2) is 0 Å². The van der Waals surface area contributed by atoms with Crippen molar-refractivity contribution in [3.05, 3.63) is 384 Å². The van der Waals surface area contributed by atoms with Gasteiger partial charge in [-0.1, -0.05) is 396 Å². The molecule has 20 unspecified atom stereocenters. The van der Waals surface area contributed by atoms with Gasteiger partial charge in [0.25, 0.3) is 12.1 Å². The fourth-order valence-corrected chi connectivity index (χ4v) is 22.5. The van der Waals surface area contributed by atoms with E-state index in [4.69, 9.17) is 129 Å². The van der Waals surface area contributed by atoms with Crippen molar-refractivity contribution < 1.29 is 104 Å². The number of benzene rings is 11. The largest absolute Gasteiger partial charge is 0.454 e. The average Bonchev–Trinajstić information content (AvgIpc) is 0.740. The van der Waals surface area contributed by atoms with E-state index in [1.54, 1.807) is 0 Å². The van der Waals surface area contributed by atoms with Crippen LogP contribution in [0.2, 0.25) is 5.04 Å². The molecular weight excluding hydrogens is 1820 g/mol. The van der Waals surface area contributed by atoms with Gasteiger partial charge in [0.15, 0.2) is 31.1 Å². The molecule has 0 spiro atoms. The van der Waals surface area contributed by atoms with Gasteiger partial charge in [-0.2, -0.15) is 0 Å². The van der Waals surface area contributed by atoms with Gasteiger partial charge in [-0.05, 0) is 65.5 Å². The SMILES string of the molecule is CC(=O)OC1C(OC2C(OCC3OC(OC(=N)C(Cl)(Cl)Cl)C(OC(C)=O)C(OCc4ccccc4)C3OC3OC(COCc4ccccc4)C(OCc4ccccc4)C(OCc4ccccc4)C3C)OC(COCc3ccccc3)C(OCc3ccccc3)C2OCc2ccccc2)OC(CO[Si](c2ccccc2)(c2ccccc2)C(C)(C)C)C(OCc2ccccc2)C1OCc1ccccc1. The van der Waals surface area contributed by atoms with E-state index in [0.29, 0.717) is 5.56 Å². The molecule has 4 saturated heterocycles. The number of esters is 2. The van der Waals surface area contributed by atoms with Crippen LogP contribution < -0.4 is 10.4 Å². The van der Waals surface area contributed by atoms with Crippen LogP contribution >= 0.6 is 34.8 Å². The standard InChI is InChI=1S/C110H120Cl3NO22Si/c1-75-93(119-64-80-44-22-9-23-45-80)94(120-65-81-46-24-10-25-47-81)89(71-117-62-78-40-18-7-19-41-78)130-104(75)134-97-91(132-107(136-108(114)110(111,112)113)103(129-77(3)116)100(97)125-70-86-56-34-15-35-57-86)73-126-105-101(98(123-68-84-52-30-13-31-53-84)95(121-66-82-48-26-11-27-49-82)90(131-105)72-118-63-79-42-20-8-21-43-79)135-106-102(128-76(2)115)99(124-69-85-54-32-14-33-55-85)96(122-67-83-50-28-12-29-51-83)92(133-106)74-127-137(109(4,5)6,87-58-36-16-37-59-87)88-60-38-17-39-61-88/h7-61,75,89-107,114H,62-74H2,1-6H3. The maximum atomic E-state index is 14.6. The third-order valence-electron chi connectivity index (χ3n) is 24.5. The molecule has 0 aromatic heterocycles. The summed E-state index contributed by atoms with van der Waals surface area (Å²) in [6.07, 6.45) is -25.2. The van der Waals surface area contributed by atoms with E-state index in [1.807, 2.05) is 316 Å². The second kappa shape index (κ2) is 50.4. The summed E-state index contributed by atoms with van der Waals surface area (Å²) in [7, 11) is -3.49. The molecule has 4 fully saturated rings. The fourth-order valence-electron chi connectivity index (χ4n) is 17.8. The number of hydrogen-bond donors (Lipinski definition) is 1. The summed E-state index contributed by atoms with van der Waals surface area (Å²) in [6, 6.07) is 108. The molecular formula is C110H120Cl3NO22Si. The van der Waals surface area contributed by atoms with Gasteiger partial charge in [0, 0.05) is 19.8 Å². The smallest absolute Gasteiger partial charge is 0.303 e. The molecule has 4 aliphatic rings. The van der Waals surface area contributed by atoms with E-state index >= 15 is 0 Å². The van der Waals surface area contributed by atoms with Gasteiger partial charge < -0.3 is 94.4 Å². The Kier molecular flexibility index (Phi) is 37.4. The summed E-state index contributed by atoms with van der Waals surface area (Å²) in [5.41, 5.74) is 7.47. The molecule has 722 valence electrons. The van der Waals surface area contributed by atoms with Gasteiger partial charge in [0.1, 0.15) is 73.2 Å². The number of alkyl halides is 3. The lowest BCUT2D eigenvalue weighted by molar-refractivity contribution is -0.387. The molecule has 0 saturated carbocycles. The van der Waals surface area contributed by atoms with Crippen LogP contribution in [-0.4, -0.2) is 173 Å². The normalized spacial score (nSPS) is 25.3. The first kappa shape index (κ1) is 102. The predicted octanol–water partition coefficient (Wildman–Crippen LogP) is 18.6. The van der Waals surface area contributed by atoms with E-state index in [9.17, 15) is 15.0 Å². The maximum Gasteiger partial charge on any atom is 0.303 e. The molecule has 20 atom stereocenters. The summed E-state index contributed by atoms with van der Waals surface area (Å²) >= 11 is 19.8. The van der Waals surface area contributed by atoms with E-state index < -0.39 is 164 Å². The minimum atomic E-state index is -3.49. The summed E-state index contributed by atoms with van der Waals surface area (Å²) in [6.45, 7) is 10.7. The number of rotatable bonds is 44. The number of ether oxygens (including phenoxy) is 19. The van der Waals surface area contributed by atoms with Crippen molar-refractivity contribution >= 4 is 71.3 Å².